The Morgan fingerprint density at radius 1 is 1.14 bits per heavy atom. The molecule has 4 rings (SSSR count). The van der Waals surface area contributed by atoms with Gasteiger partial charge < -0.3 is 19.9 Å². The molecule has 0 aliphatic carbocycles. The van der Waals surface area contributed by atoms with E-state index in [4.69, 9.17) is 4.74 Å². The quantitative estimate of drug-likeness (QED) is 0.709. The Balaban J connectivity index is 1.43. The van der Waals surface area contributed by atoms with Crippen molar-refractivity contribution in [1.82, 2.24) is 10.2 Å². The van der Waals surface area contributed by atoms with Crippen LogP contribution in [0.2, 0.25) is 0 Å². The molecule has 1 aromatic heterocycles. The molecule has 154 valence electrons. The molecule has 0 atom stereocenters. The van der Waals surface area contributed by atoms with Crippen molar-refractivity contribution in [3.05, 3.63) is 41.3 Å². The third-order valence-corrected chi connectivity index (χ3v) is 6.58. The minimum Gasteiger partial charge on any atom is -0.378 e. The number of carbonyl (C=O) groups is 2. The number of amides is 2. The second-order valence-corrected chi connectivity index (χ2v) is 8.42. The molecule has 2 aromatic rings. The Hall–Kier alpha value is -2.38. The molecular formula is C22H27N3O3S. The van der Waals surface area contributed by atoms with Gasteiger partial charge in [-0.1, -0.05) is 30.3 Å². The average molecular weight is 414 g/mol. The lowest BCUT2D eigenvalue weighted by atomic mass is 10.1. The molecular weight excluding hydrogens is 386 g/mol. The van der Waals surface area contributed by atoms with E-state index in [0.717, 1.165) is 60.0 Å². The molecule has 0 saturated carbocycles. The lowest BCUT2D eigenvalue weighted by Gasteiger charge is -2.28. The van der Waals surface area contributed by atoms with Crippen LogP contribution in [0, 0.1) is 0 Å². The van der Waals surface area contributed by atoms with Crippen LogP contribution in [-0.2, 0) is 9.53 Å². The molecule has 3 heterocycles. The normalized spacial score (nSPS) is 17.0. The Labute approximate surface area is 175 Å². The number of benzene rings is 1. The van der Waals surface area contributed by atoms with Gasteiger partial charge in [-0.3, -0.25) is 9.59 Å². The molecule has 0 bridgehead atoms. The van der Waals surface area contributed by atoms with E-state index >= 15 is 0 Å². The fourth-order valence-corrected chi connectivity index (χ4v) is 4.97. The molecule has 2 aliphatic heterocycles. The van der Waals surface area contributed by atoms with Crippen molar-refractivity contribution >= 4 is 28.2 Å². The topological polar surface area (TPSA) is 61.9 Å². The third kappa shape index (κ3) is 4.79. The van der Waals surface area contributed by atoms with Crippen LogP contribution in [0.4, 0.5) is 5.00 Å². The fourth-order valence-electron chi connectivity index (χ4n) is 3.82. The van der Waals surface area contributed by atoms with Crippen LogP contribution < -0.4 is 10.2 Å². The number of thiophene rings is 1. The van der Waals surface area contributed by atoms with Crippen molar-refractivity contribution < 1.29 is 14.3 Å². The summed E-state index contributed by atoms with van der Waals surface area (Å²) in [5, 5.41) is 4.15. The van der Waals surface area contributed by atoms with Crippen LogP contribution in [0.15, 0.2) is 36.4 Å². The van der Waals surface area contributed by atoms with Crippen LogP contribution in [-0.4, -0.2) is 62.7 Å². The number of anilines is 1. The van der Waals surface area contributed by atoms with E-state index in [1.807, 2.05) is 29.2 Å². The van der Waals surface area contributed by atoms with Crippen LogP contribution in [0.25, 0.3) is 11.1 Å². The molecule has 7 heteroatoms. The van der Waals surface area contributed by atoms with E-state index in [1.165, 1.54) is 0 Å². The summed E-state index contributed by atoms with van der Waals surface area (Å²) >= 11 is 1.55. The molecule has 2 aliphatic rings. The first-order valence-electron chi connectivity index (χ1n) is 10.3. The minimum atomic E-state index is -0.0422. The molecule has 6 nitrogen and oxygen atoms in total. The van der Waals surface area contributed by atoms with E-state index in [1.54, 1.807) is 11.3 Å². The number of carbonyl (C=O) groups excluding carboxylic acids is 2. The Bertz CT molecular complexity index is 846. The number of hydrogen-bond acceptors (Lipinski definition) is 5. The number of nitrogens with zero attached hydrogens (tertiary/aromatic N) is 2. The van der Waals surface area contributed by atoms with Crippen LogP contribution in [0.5, 0.6) is 0 Å². The number of morpholine rings is 1. The molecule has 1 N–H and O–H groups in total. The van der Waals surface area contributed by atoms with Crippen molar-refractivity contribution in [1.29, 1.82) is 0 Å². The Kier molecular flexibility index (Phi) is 6.46. The maximum Gasteiger partial charge on any atom is 0.261 e. The van der Waals surface area contributed by atoms with Gasteiger partial charge in [0.25, 0.3) is 5.91 Å². The summed E-state index contributed by atoms with van der Waals surface area (Å²) in [5.74, 6) is 0.191. The van der Waals surface area contributed by atoms with E-state index < -0.39 is 0 Å². The maximum atomic E-state index is 12.8. The zero-order valence-corrected chi connectivity index (χ0v) is 17.4. The average Bonchev–Trinajstić information content (AvgIpc) is 3.39. The highest BCUT2D eigenvalue weighted by molar-refractivity contribution is 7.18. The number of nitrogens with one attached hydrogen (secondary N) is 1. The third-order valence-electron chi connectivity index (χ3n) is 5.38. The monoisotopic (exact) mass is 413 g/mol. The Morgan fingerprint density at radius 2 is 1.93 bits per heavy atom. The first-order chi connectivity index (χ1) is 14.2. The van der Waals surface area contributed by atoms with Crippen molar-refractivity contribution in [2.75, 3.05) is 50.8 Å². The first-order valence-corrected chi connectivity index (χ1v) is 11.1. The largest absolute Gasteiger partial charge is 0.378 e. The number of hydrogen-bond donors (Lipinski definition) is 1. The van der Waals surface area contributed by atoms with Gasteiger partial charge in [-0.15, -0.1) is 11.3 Å². The second-order valence-electron chi connectivity index (χ2n) is 7.39. The van der Waals surface area contributed by atoms with E-state index in [-0.39, 0.29) is 11.8 Å². The van der Waals surface area contributed by atoms with Gasteiger partial charge in [-0.25, -0.2) is 0 Å². The van der Waals surface area contributed by atoms with Gasteiger partial charge in [0.15, 0.2) is 0 Å². The number of ether oxygens (including phenoxy) is 1. The van der Waals surface area contributed by atoms with Gasteiger partial charge in [0.2, 0.25) is 5.91 Å². The van der Waals surface area contributed by atoms with Crippen molar-refractivity contribution in [3.8, 4) is 11.1 Å². The highest BCUT2D eigenvalue weighted by Crippen LogP contribution is 2.39. The van der Waals surface area contributed by atoms with Gasteiger partial charge >= 0.3 is 0 Å². The molecule has 2 saturated heterocycles. The molecule has 0 spiro atoms. The van der Waals surface area contributed by atoms with E-state index in [9.17, 15) is 9.59 Å². The molecule has 2 amide bonds. The summed E-state index contributed by atoms with van der Waals surface area (Å²) < 4.78 is 5.49. The van der Waals surface area contributed by atoms with Gasteiger partial charge in [0.05, 0.1) is 23.1 Å². The molecule has 2 fully saturated rings. The van der Waals surface area contributed by atoms with Crippen LogP contribution >= 0.6 is 11.3 Å². The highest BCUT2D eigenvalue weighted by Gasteiger charge is 2.22. The zero-order valence-electron chi connectivity index (χ0n) is 16.6. The van der Waals surface area contributed by atoms with Crippen molar-refractivity contribution in [3.63, 3.8) is 0 Å². The second kappa shape index (κ2) is 9.41. The van der Waals surface area contributed by atoms with E-state index in [0.29, 0.717) is 26.2 Å². The van der Waals surface area contributed by atoms with Crippen LogP contribution in [0.1, 0.15) is 28.9 Å². The summed E-state index contributed by atoms with van der Waals surface area (Å²) in [6.07, 6.45) is 2.39. The lowest BCUT2D eigenvalue weighted by Crippen LogP contribution is -2.35. The smallest absolute Gasteiger partial charge is 0.261 e. The number of likely N-dealkylation sites (tertiary alicyclic amines) is 1. The first kappa shape index (κ1) is 19.9. The molecule has 0 radical (unpaired) electrons. The minimum absolute atomic E-state index is 0.0422. The maximum absolute atomic E-state index is 12.8. The van der Waals surface area contributed by atoms with Gasteiger partial charge in [0.1, 0.15) is 0 Å². The summed E-state index contributed by atoms with van der Waals surface area (Å²) in [6, 6.07) is 12.2. The molecule has 0 unspecified atom stereocenters. The summed E-state index contributed by atoms with van der Waals surface area (Å²) in [5.41, 5.74) is 2.22. The lowest BCUT2D eigenvalue weighted by molar-refractivity contribution is -0.127. The van der Waals surface area contributed by atoms with Crippen LogP contribution in [0.3, 0.4) is 0 Å². The predicted molar refractivity (Wildman–Crippen MR) is 116 cm³/mol. The molecule has 1 aromatic carbocycles. The summed E-state index contributed by atoms with van der Waals surface area (Å²) in [4.78, 5) is 29.4. The fraction of sp³-hybridized carbons (Fsp3) is 0.455. The van der Waals surface area contributed by atoms with Crippen molar-refractivity contribution in [2.45, 2.75) is 19.3 Å². The predicted octanol–water partition coefficient (Wildman–Crippen LogP) is 2.99. The van der Waals surface area contributed by atoms with Gasteiger partial charge in [0, 0.05) is 44.7 Å². The zero-order chi connectivity index (χ0) is 20.1. The van der Waals surface area contributed by atoms with E-state index in [2.05, 4.69) is 22.3 Å². The van der Waals surface area contributed by atoms with Gasteiger partial charge in [-0.2, -0.15) is 0 Å². The van der Waals surface area contributed by atoms with Crippen molar-refractivity contribution in [2.24, 2.45) is 0 Å². The standard InChI is InChI=1S/C22H27N3O3S/c26-20-8-4-10-24(20)11-5-9-23-21(27)19-16-18(17-6-2-1-3-7-17)22(29-19)25-12-14-28-15-13-25/h1-3,6-7,16H,4-5,8-15H2,(H,23,27). The summed E-state index contributed by atoms with van der Waals surface area (Å²) in [6.45, 7) is 5.25. The highest BCUT2D eigenvalue weighted by atomic mass is 32.1. The SMILES string of the molecule is O=C(NCCCN1CCCC1=O)c1cc(-c2ccccc2)c(N2CCOCC2)s1. The number of rotatable bonds is 7. The Morgan fingerprint density at radius 3 is 2.66 bits per heavy atom. The summed E-state index contributed by atoms with van der Waals surface area (Å²) in [7, 11) is 0. The van der Waals surface area contributed by atoms with Gasteiger partial charge in [-0.05, 0) is 24.5 Å². The molecule has 29 heavy (non-hydrogen) atoms.